The lowest BCUT2D eigenvalue weighted by Crippen LogP contribution is -2.61. The normalized spacial score (nSPS) is 16.7. The number of halogens is 11. The molecule has 0 N–H and O–H groups in total. The van der Waals surface area contributed by atoms with Crippen molar-refractivity contribution in [1.29, 1.82) is 0 Å². The van der Waals surface area contributed by atoms with E-state index in [-0.39, 0.29) is 12.3 Å². The highest BCUT2D eigenvalue weighted by atomic mass is 19.4. The molecule has 3 nitrogen and oxygen atoms in total. The van der Waals surface area contributed by atoms with Gasteiger partial charge in [-0.15, -0.1) is 0 Å². The predicted octanol–water partition coefficient (Wildman–Crippen LogP) is 4.61. The van der Waals surface area contributed by atoms with Crippen LogP contribution in [0, 0.1) is 5.92 Å². The van der Waals surface area contributed by atoms with Gasteiger partial charge in [-0.1, -0.05) is 13.8 Å². The van der Waals surface area contributed by atoms with E-state index in [0.717, 1.165) is 0 Å². The molecular formula is C11H11F11O3. The first-order valence-corrected chi connectivity index (χ1v) is 6.25. The maximum Gasteiger partial charge on any atom is 0.462 e. The number of ether oxygens (including phenoxy) is 2. The zero-order valence-corrected chi connectivity index (χ0v) is 12.4. The van der Waals surface area contributed by atoms with E-state index in [4.69, 9.17) is 0 Å². The summed E-state index contributed by atoms with van der Waals surface area (Å²) in [6.07, 6.45) is -21.1. The largest absolute Gasteiger partial charge is 0.462 e. The zero-order valence-electron chi connectivity index (χ0n) is 12.4. The quantitative estimate of drug-likeness (QED) is 0.463. The van der Waals surface area contributed by atoms with Crippen LogP contribution in [0.1, 0.15) is 20.3 Å². The molecule has 14 heteroatoms. The smallest absolute Gasteiger partial charge is 0.461 e. The zero-order chi connectivity index (χ0) is 20.5. The molecule has 150 valence electrons. The van der Waals surface area contributed by atoms with Crippen LogP contribution in [0.5, 0.6) is 0 Å². The first-order valence-electron chi connectivity index (χ1n) is 6.25. The summed E-state index contributed by atoms with van der Waals surface area (Å²) >= 11 is 0. The number of alkyl halides is 11. The van der Waals surface area contributed by atoms with Gasteiger partial charge in [0.2, 0.25) is 0 Å². The maximum atomic E-state index is 13.6. The fourth-order valence-electron chi connectivity index (χ4n) is 1.10. The minimum Gasteiger partial charge on any atom is -0.461 e. The molecule has 0 saturated carbocycles. The van der Waals surface area contributed by atoms with Crippen molar-refractivity contribution < 1.29 is 62.6 Å². The van der Waals surface area contributed by atoms with Crippen molar-refractivity contribution in [2.75, 3.05) is 6.61 Å². The number of carbonyl (C=O) groups excluding carboxylic acids is 1. The molecular weight excluding hydrogens is 389 g/mol. The lowest BCUT2D eigenvalue weighted by atomic mass is 10.1. The van der Waals surface area contributed by atoms with Crippen LogP contribution in [0.25, 0.3) is 0 Å². The molecule has 0 aromatic carbocycles. The molecule has 0 fully saturated rings. The van der Waals surface area contributed by atoms with Gasteiger partial charge in [-0.3, -0.25) is 4.74 Å². The van der Waals surface area contributed by atoms with E-state index in [1.54, 1.807) is 0 Å². The second-order valence-electron chi connectivity index (χ2n) is 5.10. The Kier molecular flexibility index (Phi) is 6.73. The van der Waals surface area contributed by atoms with Crippen LogP contribution < -0.4 is 0 Å². The number of carbonyl (C=O) groups is 1. The van der Waals surface area contributed by atoms with Gasteiger partial charge in [-0.25, -0.2) is 4.79 Å². The van der Waals surface area contributed by atoms with Crippen LogP contribution in [0.4, 0.5) is 48.3 Å². The Morgan fingerprint density at radius 2 is 1.28 bits per heavy atom. The van der Waals surface area contributed by atoms with Gasteiger partial charge in [0.25, 0.3) is 0 Å². The van der Waals surface area contributed by atoms with Gasteiger partial charge in [0.15, 0.2) is 0 Å². The molecule has 0 rings (SSSR count). The molecule has 0 radical (unpaired) electrons. The molecule has 0 saturated heterocycles. The Balaban J connectivity index is 5.66. The van der Waals surface area contributed by atoms with Crippen LogP contribution >= 0.6 is 0 Å². The summed E-state index contributed by atoms with van der Waals surface area (Å²) in [5, 5.41) is 0. The van der Waals surface area contributed by atoms with Crippen molar-refractivity contribution in [2.45, 2.75) is 50.5 Å². The van der Waals surface area contributed by atoms with Crippen molar-refractivity contribution in [3.63, 3.8) is 0 Å². The van der Waals surface area contributed by atoms with Crippen LogP contribution in [-0.2, 0) is 14.3 Å². The third kappa shape index (κ3) is 5.07. The molecule has 0 heterocycles. The van der Waals surface area contributed by atoms with Crippen molar-refractivity contribution in [1.82, 2.24) is 0 Å². The van der Waals surface area contributed by atoms with Crippen LogP contribution in [0.3, 0.4) is 0 Å². The van der Waals surface area contributed by atoms with Crippen LogP contribution in [-0.4, -0.2) is 42.8 Å². The summed E-state index contributed by atoms with van der Waals surface area (Å²) in [7, 11) is 0. The highest BCUT2D eigenvalue weighted by Crippen LogP contribution is 2.51. The van der Waals surface area contributed by atoms with Crippen LogP contribution in [0.15, 0.2) is 0 Å². The Hall–Kier alpha value is -1.34. The van der Waals surface area contributed by atoms with E-state index in [9.17, 15) is 53.1 Å². The number of rotatable bonds is 7. The van der Waals surface area contributed by atoms with E-state index in [1.807, 2.05) is 4.74 Å². The lowest BCUT2D eigenvalue weighted by molar-refractivity contribution is -0.475. The summed E-state index contributed by atoms with van der Waals surface area (Å²) < 4.78 is 143. The molecule has 0 aliphatic carbocycles. The summed E-state index contributed by atoms with van der Waals surface area (Å²) in [5.41, 5.74) is 0. The molecule has 0 bridgehead atoms. The summed E-state index contributed by atoms with van der Waals surface area (Å²) in [4.78, 5) is 11.0. The number of esters is 1. The molecule has 0 unspecified atom stereocenters. The molecule has 1 atom stereocenters. The van der Waals surface area contributed by atoms with Crippen molar-refractivity contribution in [3.8, 4) is 0 Å². The van der Waals surface area contributed by atoms with Crippen molar-refractivity contribution >= 4 is 5.97 Å². The Bertz CT molecular complexity index is 469. The van der Waals surface area contributed by atoms with Gasteiger partial charge >= 0.3 is 36.2 Å². The topological polar surface area (TPSA) is 35.5 Å². The van der Waals surface area contributed by atoms with E-state index < -0.39 is 42.8 Å². The minimum absolute atomic E-state index is 0.186. The molecule has 0 aliphatic heterocycles. The van der Waals surface area contributed by atoms with Crippen molar-refractivity contribution in [2.24, 2.45) is 5.92 Å². The van der Waals surface area contributed by atoms with Gasteiger partial charge in [0.1, 0.15) is 0 Å². The van der Waals surface area contributed by atoms with E-state index in [2.05, 4.69) is 4.74 Å². The summed E-state index contributed by atoms with van der Waals surface area (Å²) in [5.74, 6) is -17.0. The van der Waals surface area contributed by atoms with Gasteiger partial charge in [-0.2, -0.15) is 48.3 Å². The van der Waals surface area contributed by atoms with Crippen LogP contribution in [0.2, 0.25) is 0 Å². The van der Waals surface area contributed by atoms with E-state index >= 15 is 0 Å². The molecule has 0 aromatic rings. The standard InChI is InChI=1S/C11H11F11O3/c1-5(2)3-4-24-6(23)7(12,9(15,16)17)25-11(21,22)8(13,14)10(18,19)20/h5H,3-4H2,1-2H3/t7-/m1/s1. The maximum absolute atomic E-state index is 13.6. The number of hydrogen-bond donors (Lipinski definition) is 0. The minimum atomic E-state index is -7.22. The van der Waals surface area contributed by atoms with Gasteiger partial charge in [0.05, 0.1) is 6.61 Å². The fraction of sp³-hybridized carbons (Fsp3) is 0.909. The average molecular weight is 400 g/mol. The first kappa shape index (κ1) is 23.7. The third-order valence-corrected chi connectivity index (χ3v) is 2.55. The van der Waals surface area contributed by atoms with E-state index in [0.29, 0.717) is 0 Å². The average Bonchev–Trinajstić information content (AvgIpc) is 2.34. The highest BCUT2D eigenvalue weighted by molar-refractivity contribution is 5.78. The monoisotopic (exact) mass is 400 g/mol. The lowest BCUT2D eigenvalue weighted by Gasteiger charge is -2.33. The Labute approximate surface area is 133 Å². The SMILES string of the molecule is CC(C)CCOC(=O)[C@@](F)(OC(F)(F)C(F)(F)C(F)(F)F)C(F)(F)F. The van der Waals surface area contributed by atoms with Gasteiger partial charge in [-0.05, 0) is 12.3 Å². The summed E-state index contributed by atoms with van der Waals surface area (Å²) in [6.45, 7) is 1.98. The van der Waals surface area contributed by atoms with Gasteiger partial charge < -0.3 is 4.74 Å². The summed E-state index contributed by atoms with van der Waals surface area (Å²) in [6, 6.07) is 0. The molecule has 25 heavy (non-hydrogen) atoms. The molecule has 0 amide bonds. The molecule has 0 aromatic heterocycles. The molecule has 0 aliphatic rings. The number of hydrogen-bond acceptors (Lipinski definition) is 3. The van der Waals surface area contributed by atoms with Crippen molar-refractivity contribution in [3.05, 3.63) is 0 Å². The second kappa shape index (κ2) is 7.11. The molecule has 0 spiro atoms. The Morgan fingerprint density at radius 1 is 0.840 bits per heavy atom. The third-order valence-electron chi connectivity index (χ3n) is 2.55. The second-order valence-corrected chi connectivity index (χ2v) is 5.10. The Morgan fingerprint density at radius 3 is 1.60 bits per heavy atom. The van der Waals surface area contributed by atoms with E-state index in [1.165, 1.54) is 13.8 Å². The fourth-order valence-corrected chi connectivity index (χ4v) is 1.10. The highest BCUT2D eigenvalue weighted by Gasteiger charge is 2.80. The first-order chi connectivity index (χ1) is 10.8. The van der Waals surface area contributed by atoms with Gasteiger partial charge in [0, 0.05) is 0 Å². The predicted molar refractivity (Wildman–Crippen MR) is 57.3 cm³/mol.